The van der Waals surface area contributed by atoms with Crippen LogP contribution in [0.2, 0.25) is 5.02 Å². The summed E-state index contributed by atoms with van der Waals surface area (Å²) in [5, 5.41) is 9.31. The highest BCUT2D eigenvalue weighted by atomic mass is 35.5. The molecule has 1 unspecified atom stereocenters. The maximum absolute atomic E-state index is 12.1. The first-order valence-corrected chi connectivity index (χ1v) is 5.75. The van der Waals surface area contributed by atoms with Crippen LogP contribution in [-0.4, -0.2) is 24.4 Å². The van der Waals surface area contributed by atoms with Gasteiger partial charge < -0.3 is 4.90 Å². The van der Waals surface area contributed by atoms with Gasteiger partial charge in [0, 0.05) is 24.2 Å². The van der Waals surface area contributed by atoms with Crippen molar-refractivity contribution in [1.82, 2.24) is 4.90 Å². The summed E-state index contributed by atoms with van der Waals surface area (Å²) >= 11 is 5.97. The molecule has 1 amide bonds. The summed E-state index contributed by atoms with van der Waals surface area (Å²) in [7, 11) is 1.69. The second-order valence-electron chi connectivity index (χ2n) is 4.13. The van der Waals surface area contributed by atoms with Crippen molar-refractivity contribution in [1.29, 1.82) is 5.26 Å². The fourth-order valence-electron chi connectivity index (χ4n) is 1.58. The summed E-state index contributed by atoms with van der Waals surface area (Å²) in [6, 6.07) is 7.36. The van der Waals surface area contributed by atoms with E-state index in [1.54, 1.807) is 37.1 Å². The molecule has 0 aliphatic rings. The first-order chi connectivity index (χ1) is 7.97. The molecular weight excluding hydrogens is 236 g/mol. The number of hydrogen-bond donors (Lipinski definition) is 0. The summed E-state index contributed by atoms with van der Waals surface area (Å²) < 4.78 is 0. The number of carbonyl (C=O) groups is 1. The molecule has 1 rings (SSSR count). The number of nitrogens with zero attached hydrogens (tertiary/aromatic N) is 2. The van der Waals surface area contributed by atoms with Gasteiger partial charge in [-0.2, -0.15) is 5.26 Å². The highest BCUT2D eigenvalue weighted by Crippen LogP contribution is 2.20. The quantitative estimate of drug-likeness (QED) is 0.828. The number of halogens is 1. The van der Waals surface area contributed by atoms with Crippen molar-refractivity contribution < 1.29 is 4.79 Å². The highest BCUT2D eigenvalue weighted by molar-refractivity contribution is 6.31. The van der Waals surface area contributed by atoms with Crippen molar-refractivity contribution in [2.75, 3.05) is 13.6 Å². The Hall–Kier alpha value is -1.53. The van der Waals surface area contributed by atoms with Crippen molar-refractivity contribution in [3.05, 3.63) is 34.3 Å². The summed E-state index contributed by atoms with van der Waals surface area (Å²) in [6.45, 7) is 4.02. The van der Waals surface area contributed by atoms with Crippen LogP contribution in [0.15, 0.2) is 18.2 Å². The Morgan fingerprint density at radius 2 is 2.24 bits per heavy atom. The predicted molar refractivity (Wildman–Crippen MR) is 67.9 cm³/mol. The van der Waals surface area contributed by atoms with Crippen LogP contribution in [0, 0.1) is 24.2 Å². The van der Waals surface area contributed by atoms with Crippen LogP contribution in [0.4, 0.5) is 0 Å². The van der Waals surface area contributed by atoms with E-state index in [0.717, 1.165) is 5.56 Å². The minimum Gasteiger partial charge on any atom is -0.340 e. The van der Waals surface area contributed by atoms with Crippen molar-refractivity contribution in [2.24, 2.45) is 5.92 Å². The summed E-state index contributed by atoms with van der Waals surface area (Å²) in [4.78, 5) is 13.7. The first-order valence-electron chi connectivity index (χ1n) is 5.37. The van der Waals surface area contributed by atoms with E-state index >= 15 is 0 Å². The summed E-state index contributed by atoms with van der Waals surface area (Å²) in [6.07, 6.45) is 0. The SMILES string of the molecule is Cc1c(Cl)cccc1C(=O)N(C)CC(C)C#N. The fourth-order valence-corrected chi connectivity index (χ4v) is 1.75. The lowest BCUT2D eigenvalue weighted by Crippen LogP contribution is -2.31. The van der Waals surface area contributed by atoms with Crippen LogP contribution >= 0.6 is 11.6 Å². The smallest absolute Gasteiger partial charge is 0.253 e. The average Bonchev–Trinajstić information content (AvgIpc) is 2.31. The van der Waals surface area contributed by atoms with Crippen LogP contribution < -0.4 is 0 Å². The highest BCUT2D eigenvalue weighted by Gasteiger charge is 2.16. The molecule has 0 saturated heterocycles. The number of hydrogen-bond acceptors (Lipinski definition) is 2. The molecule has 0 N–H and O–H groups in total. The lowest BCUT2D eigenvalue weighted by atomic mass is 10.1. The number of nitriles is 1. The normalized spacial score (nSPS) is 11.7. The molecule has 1 aromatic rings. The van der Waals surface area contributed by atoms with Crippen LogP contribution in [0.3, 0.4) is 0 Å². The van der Waals surface area contributed by atoms with Gasteiger partial charge in [0.25, 0.3) is 5.91 Å². The molecule has 90 valence electrons. The van der Waals surface area contributed by atoms with Gasteiger partial charge in [0.15, 0.2) is 0 Å². The van der Waals surface area contributed by atoms with Gasteiger partial charge in [0.1, 0.15) is 0 Å². The molecule has 0 saturated carbocycles. The standard InChI is InChI=1S/C13H15ClN2O/c1-9(7-15)8-16(3)13(17)11-5-4-6-12(14)10(11)2/h4-6,9H,8H2,1-3H3. The van der Waals surface area contributed by atoms with Crippen LogP contribution in [0.1, 0.15) is 22.8 Å². The molecule has 0 fully saturated rings. The zero-order valence-electron chi connectivity index (χ0n) is 10.2. The fraction of sp³-hybridized carbons (Fsp3) is 0.385. The maximum atomic E-state index is 12.1. The zero-order valence-corrected chi connectivity index (χ0v) is 11.0. The van der Waals surface area contributed by atoms with Gasteiger partial charge in [-0.15, -0.1) is 0 Å². The topological polar surface area (TPSA) is 44.1 Å². The lowest BCUT2D eigenvalue weighted by Gasteiger charge is -2.19. The van der Waals surface area contributed by atoms with Crippen molar-refractivity contribution in [2.45, 2.75) is 13.8 Å². The van der Waals surface area contributed by atoms with E-state index in [9.17, 15) is 4.79 Å². The van der Waals surface area contributed by atoms with Crippen molar-refractivity contribution in [3.8, 4) is 6.07 Å². The Labute approximate surface area is 107 Å². The van der Waals surface area contributed by atoms with E-state index in [1.165, 1.54) is 0 Å². The Morgan fingerprint density at radius 3 is 2.82 bits per heavy atom. The molecule has 0 aliphatic carbocycles. The molecule has 0 radical (unpaired) electrons. The Balaban J connectivity index is 2.90. The second kappa shape index (κ2) is 5.70. The molecule has 1 atom stereocenters. The predicted octanol–water partition coefficient (Wildman–Crippen LogP) is 2.88. The third-order valence-corrected chi connectivity index (χ3v) is 3.02. The van der Waals surface area contributed by atoms with Gasteiger partial charge in [-0.25, -0.2) is 0 Å². The molecule has 1 aromatic carbocycles. The average molecular weight is 251 g/mol. The van der Waals surface area contributed by atoms with Gasteiger partial charge >= 0.3 is 0 Å². The van der Waals surface area contributed by atoms with E-state index in [-0.39, 0.29) is 11.8 Å². The molecule has 3 nitrogen and oxygen atoms in total. The minimum absolute atomic E-state index is 0.105. The van der Waals surface area contributed by atoms with E-state index in [2.05, 4.69) is 6.07 Å². The number of benzene rings is 1. The molecule has 0 heterocycles. The molecular formula is C13H15ClN2O. The molecule has 17 heavy (non-hydrogen) atoms. The third-order valence-electron chi connectivity index (χ3n) is 2.61. The zero-order chi connectivity index (χ0) is 13.0. The second-order valence-corrected chi connectivity index (χ2v) is 4.54. The third kappa shape index (κ3) is 3.21. The van der Waals surface area contributed by atoms with Gasteiger partial charge in [-0.3, -0.25) is 4.79 Å². The minimum atomic E-state index is -0.177. The van der Waals surface area contributed by atoms with Gasteiger partial charge in [-0.1, -0.05) is 17.7 Å². The molecule has 0 aromatic heterocycles. The Morgan fingerprint density at radius 1 is 1.59 bits per heavy atom. The van der Waals surface area contributed by atoms with Crippen LogP contribution in [0.5, 0.6) is 0 Å². The van der Waals surface area contributed by atoms with E-state index in [4.69, 9.17) is 16.9 Å². The first kappa shape index (κ1) is 13.5. The van der Waals surface area contributed by atoms with E-state index in [0.29, 0.717) is 17.1 Å². The maximum Gasteiger partial charge on any atom is 0.253 e. The summed E-state index contributed by atoms with van der Waals surface area (Å²) in [5.41, 5.74) is 1.36. The number of carbonyl (C=O) groups excluding carboxylic acids is 1. The van der Waals surface area contributed by atoms with E-state index < -0.39 is 0 Å². The Bertz CT molecular complexity index is 465. The van der Waals surface area contributed by atoms with Gasteiger partial charge in [-0.05, 0) is 31.5 Å². The summed E-state index contributed by atoms with van der Waals surface area (Å²) in [5.74, 6) is -0.282. The lowest BCUT2D eigenvalue weighted by molar-refractivity contribution is 0.0784. The number of rotatable bonds is 3. The molecule has 0 spiro atoms. The number of amides is 1. The molecule has 4 heteroatoms. The van der Waals surface area contributed by atoms with Crippen LogP contribution in [-0.2, 0) is 0 Å². The van der Waals surface area contributed by atoms with Gasteiger partial charge in [0.05, 0.1) is 12.0 Å². The van der Waals surface area contributed by atoms with Gasteiger partial charge in [0.2, 0.25) is 0 Å². The van der Waals surface area contributed by atoms with E-state index in [1.807, 2.05) is 6.92 Å². The molecule has 0 aliphatic heterocycles. The van der Waals surface area contributed by atoms with Crippen molar-refractivity contribution >= 4 is 17.5 Å². The Kier molecular flexibility index (Phi) is 4.53. The monoisotopic (exact) mass is 250 g/mol. The van der Waals surface area contributed by atoms with Crippen molar-refractivity contribution in [3.63, 3.8) is 0 Å². The largest absolute Gasteiger partial charge is 0.340 e. The molecule has 0 bridgehead atoms. The van der Waals surface area contributed by atoms with Crippen LogP contribution in [0.25, 0.3) is 0 Å².